The van der Waals surface area contributed by atoms with E-state index in [1.807, 2.05) is 6.92 Å². The van der Waals surface area contributed by atoms with Crippen molar-refractivity contribution in [3.8, 4) is 0 Å². The molecule has 1 aliphatic heterocycles. The monoisotopic (exact) mass is 434 g/mol. The first-order valence-electron chi connectivity index (χ1n) is 11.2. The number of ether oxygens (including phenoxy) is 2. The summed E-state index contributed by atoms with van der Waals surface area (Å²) in [4.78, 5) is 25.1. The number of allylic oxidation sites excluding steroid dienone is 4. The Balaban J connectivity index is 1.64. The van der Waals surface area contributed by atoms with Gasteiger partial charge in [0, 0.05) is 16.7 Å². The molecule has 5 aliphatic rings. The van der Waals surface area contributed by atoms with Gasteiger partial charge in [0.25, 0.3) is 0 Å². The van der Waals surface area contributed by atoms with Gasteiger partial charge in [0.05, 0.1) is 12.2 Å². The van der Waals surface area contributed by atoms with Crippen molar-refractivity contribution in [1.82, 2.24) is 0 Å². The first-order valence-corrected chi connectivity index (χ1v) is 11.2. The SMILES string of the molecule is CC1(C)O[C@@H]2C[C@H]3C4CCC5=CC(=O)C=C[C@]5(C)[C@@]4(F)[C@@H](O)C[C@]3(C)[C@]2(C(=O)CO)O1. The van der Waals surface area contributed by atoms with Crippen molar-refractivity contribution in [3.63, 3.8) is 0 Å². The van der Waals surface area contributed by atoms with Crippen LogP contribution < -0.4 is 0 Å². The molecule has 31 heavy (non-hydrogen) atoms. The van der Waals surface area contributed by atoms with Gasteiger partial charge < -0.3 is 19.7 Å². The van der Waals surface area contributed by atoms with Gasteiger partial charge in [-0.3, -0.25) is 9.59 Å². The van der Waals surface area contributed by atoms with Crippen molar-refractivity contribution in [3.05, 3.63) is 23.8 Å². The maximum atomic E-state index is 17.1. The van der Waals surface area contributed by atoms with Crippen LogP contribution in [0.15, 0.2) is 23.8 Å². The van der Waals surface area contributed by atoms with Gasteiger partial charge in [-0.25, -0.2) is 4.39 Å². The smallest absolute Gasteiger partial charge is 0.193 e. The number of fused-ring (bicyclic) bond motifs is 7. The highest BCUT2D eigenvalue weighted by Gasteiger charge is 2.79. The van der Waals surface area contributed by atoms with E-state index in [0.717, 1.165) is 5.57 Å². The summed E-state index contributed by atoms with van der Waals surface area (Å²) in [6, 6.07) is 0. The maximum absolute atomic E-state index is 17.1. The van der Waals surface area contributed by atoms with E-state index in [1.165, 1.54) is 12.2 Å². The molecule has 0 bridgehead atoms. The fourth-order valence-electron chi connectivity index (χ4n) is 7.93. The maximum Gasteiger partial charge on any atom is 0.193 e. The van der Waals surface area contributed by atoms with Crippen LogP contribution >= 0.6 is 0 Å². The number of alkyl halides is 1. The minimum Gasteiger partial charge on any atom is -0.390 e. The third kappa shape index (κ3) is 2.31. The number of aliphatic hydroxyl groups excluding tert-OH is 2. The number of aliphatic hydroxyl groups is 2. The van der Waals surface area contributed by atoms with Crippen LogP contribution in [0.4, 0.5) is 4.39 Å². The lowest BCUT2D eigenvalue weighted by atomic mass is 9.44. The molecule has 0 aromatic heterocycles. The van der Waals surface area contributed by atoms with Crippen LogP contribution in [0.25, 0.3) is 0 Å². The molecule has 8 atom stereocenters. The first kappa shape index (κ1) is 21.4. The Morgan fingerprint density at radius 2 is 1.97 bits per heavy atom. The van der Waals surface area contributed by atoms with Crippen molar-refractivity contribution in [2.45, 2.75) is 82.6 Å². The highest BCUT2D eigenvalue weighted by atomic mass is 19.1. The van der Waals surface area contributed by atoms with Crippen LogP contribution in [-0.2, 0) is 19.1 Å². The molecule has 1 heterocycles. The van der Waals surface area contributed by atoms with E-state index in [0.29, 0.717) is 19.3 Å². The summed E-state index contributed by atoms with van der Waals surface area (Å²) in [7, 11) is 0. The molecule has 0 aromatic carbocycles. The molecule has 6 nitrogen and oxygen atoms in total. The van der Waals surface area contributed by atoms with Gasteiger partial charge in [-0.2, -0.15) is 0 Å². The molecule has 3 saturated carbocycles. The van der Waals surface area contributed by atoms with Crippen LogP contribution in [0.1, 0.15) is 53.4 Å². The molecule has 170 valence electrons. The summed E-state index contributed by atoms with van der Waals surface area (Å²) in [5.74, 6) is -2.46. The minimum absolute atomic E-state index is 0.0109. The van der Waals surface area contributed by atoms with Crippen molar-refractivity contribution >= 4 is 11.6 Å². The summed E-state index contributed by atoms with van der Waals surface area (Å²) < 4.78 is 29.5. The van der Waals surface area contributed by atoms with E-state index in [9.17, 15) is 19.8 Å². The highest BCUT2D eigenvalue weighted by Crippen LogP contribution is 2.72. The van der Waals surface area contributed by atoms with Crippen LogP contribution in [0.2, 0.25) is 0 Å². The lowest BCUT2D eigenvalue weighted by molar-refractivity contribution is -0.246. The Kier molecular flexibility index (Phi) is 4.24. The number of carbonyl (C=O) groups excluding carboxylic acids is 2. The number of hydrogen-bond donors (Lipinski definition) is 2. The molecular formula is C24H31FO6. The molecule has 0 amide bonds. The third-order valence-corrected chi connectivity index (χ3v) is 9.19. The summed E-state index contributed by atoms with van der Waals surface area (Å²) in [6.45, 7) is 6.41. The van der Waals surface area contributed by atoms with Gasteiger partial charge in [0.15, 0.2) is 28.6 Å². The molecule has 5 rings (SSSR count). The lowest BCUT2D eigenvalue weighted by Gasteiger charge is -2.62. The average Bonchev–Trinajstić information content (AvgIpc) is 3.09. The largest absolute Gasteiger partial charge is 0.390 e. The molecule has 2 N–H and O–H groups in total. The van der Waals surface area contributed by atoms with E-state index in [4.69, 9.17) is 9.47 Å². The van der Waals surface area contributed by atoms with Crippen LogP contribution in [0, 0.1) is 22.7 Å². The first-order chi connectivity index (χ1) is 14.4. The molecule has 4 aliphatic carbocycles. The van der Waals surface area contributed by atoms with Crippen LogP contribution in [-0.4, -0.2) is 57.7 Å². The zero-order valence-electron chi connectivity index (χ0n) is 18.5. The number of Topliss-reactive ketones (excluding diaryl/α,β-unsaturated/α-hetero) is 1. The van der Waals surface area contributed by atoms with Crippen molar-refractivity contribution in [2.24, 2.45) is 22.7 Å². The average molecular weight is 435 g/mol. The molecule has 4 fully saturated rings. The zero-order chi connectivity index (χ0) is 22.6. The lowest BCUT2D eigenvalue weighted by Crippen LogP contribution is -2.70. The summed E-state index contributed by atoms with van der Waals surface area (Å²) in [6.07, 6.45) is 4.00. The second kappa shape index (κ2) is 6.13. The predicted molar refractivity (Wildman–Crippen MR) is 109 cm³/mol. The van der Waals surface area contributed by atoms with Gasteiger partial charge in [0.1, 0.15) is 6.61 Å². The van der Waals surface area contributed by atoms with Crippen LogP contribution in [0.5, 0.6) is 0 Å². The third-order valence-electron chi connectivity index (χ3n) is 9.19. The predicted octanol–water partition coefficient (Wildman–Crippen LogP) is 2.42. The number of hydrogen-bond acceptors (Lipinski definition) is 6. The van der Waals surface area contributed by atoms with Crippen molar-refractivity contribution < 1.29 is 33.7 Å². The Labute approximate surface area is 181 Å². The topological polar surface area (TPSA) is 93.1 Å². The standard InChI is InChI=1S/C24H31FO6/c1-20(2)30-19-10-16-15-6-5-13-9-14(27)7-8-21(13,3)23(15,25)17(28)11-22(16,4)24(19,31-20)18(29)12-26/h7-9,15-17,19,26,28H,5-6,10-12H2,1-4H3/t15?,16-,17-,19+,21-,22-,23-,24+/m0/s1. The Morgan fingerprint density at radius 1 is 1.26 bits per heavy atom. The molecule has 7 heteroatoms. The zero-order valence-corrected chi connectivity index (χ0v) is 18.5. The van der Waals surface area contributed by atoms with Gasteiger partial charge in [0.2, 0.25) is 0 Å². The molecule has 1 unspecified atom stereocenters. The van der Waals surface area contributed by atoms with Crippen molar-refractivity contribution in [2.75, 3.05) is 6.61 Å². The number of halogens is 1. The highest BCUT2D eigenvalue weighted by molar-refractivity contribution is 6.01. The van der Waals surface area contributed by atoms with E-state index in [-0.39, 0.29) is 18.1 Å². The van der Waals surface area contributed by atoms with E-state index in [1.54, 1.807) is 26.8 Å². The molecule has 0 aromatic rings. The van der Waals surface area contributed by atoms with Crippen LogP contribution in [0.3, 0.4) is 0 Å². The summed E-state index contributed by atoms with van der Waals surface area (Å²) >= 11 is 0. The van der Waals surface area contributed by atoms with Gasteiger partial charge in [-0.15, -0.1) is 0 Å². The second-order valence-corrected chi connectivity index (χ2v) is 10.9. The van der Waals surface area contributed by atoms with Crippen molar-refractivity contribution in [1.29, 1.82) is 0 Å². The minimum atomic E-state index is -1.98. The Bertz CT molecular complexity index is 925. The van der Waals surface area contributed by atoms with E-state index >= 15 is 4.39 Å². The molecule has 0 spiro atoms. The summed E-state index contributed by atoms with van der Waals surface area (Å²) in [5, 5.41) is 21.2. The Morgan fingerprint density at radius 3 is 2.65 bits per heavy atom. The summed E-state index contributed by atoms with van der Waals surface area (Å²) in [5.41, 5.74) is -4.66. The number of carbonyl (C=O) groups is 2. The Hall–Kier alpha value is -1.41. The number of ketones is 2. The fourth-order valence-corrected chi connectivity index (χ4v) is 7.93. The van der Waals surface area contributed by atoms with Gasteiger partial charge >= 0.3 is 0 Å². The molecule has 0 radical (unpaired) electrons. The van der Waals surface area contributed by atoms with Gasteiger partial charge in [-0.05, 0) is 64.5 Å². The van der Waals surface area contributed by atoms with Gasteiger partial charge in [-0.1, -0.05) is 18.6 Å². The second-order valence-electron chi connectivity index (χ2n) is 10.9. The van der Waals surface area contributed by atoms with E-state index in [2.05, 4.69) is 0 Å². The normalized spacial score (nSPS) is 52.1. The molecule has 1 saturated heterocycles. The number of rotatable bonds is 2. The molecular weight excluding hydrogens is 403 g/mol. The quantitative estimate of drug-likeness (QED) is 0.694. The van der Waals surface area contributed by atoms with E-state index < -0.39 is 58.4 Å². The fraction of sp³-hybridized carbons (Fsp3) is 0.750.